The van der Waals surface area contributed by atoms with Crippen molar-refractivity contribution in [3.63, 3.8) is 0 Å². The lowest BCUT2D eigenvalue weighted by Crippen LogP contribution is -2.03. The second kappa shape index (κ2) is 5.14. The summed E-state index contributed by atoms with van der Waals surface area (Å²) < 4.78 is 17.4. The Balaban J connectivity index is 2.46. The van der Waals surface area contributed by atoms with Crippen molar-refractivity contribution in [2.24, 2.45) is 0 Å². The largest absolute Gasteiger partial charge is 0.465 e. The fourth-order valence-electron chi connectivity index (χ4n) is 1.50. The number of carbonyl (C=O) groups excluding carboxylic acids is 1. The normalized spacial score (nSPS) is 10.2. The van der Waals surface area contributed by atoms with Crippen LogP contribution in [0.25, 0.3) is 11.1 Å². The molecule has 1 aromatic carbocycles. The molecule has 0 unspecified atom stereocenters. The molecule has 1 heterocycles. The third-order valence-electron chi connectivity index (χ3n) is 2.42. The van der Waals surface area contributed by atoms with Crippen LogP contribution >= 0.6 is 11.6 Å². The maximum Gasteiger partial charge on any atom is 0.341 e. The van der Waals surface area contributed by atoms with E-state index in [0.29, 0.717) is 5.56 Å². The number of esters is 1. The number of nitrogens with zero attached hydrogens (tertiary/aromatic N) is 1. The predicted molar refractivity (Wildman–Crippen MR) is 66.0 cm³/mol. The van der Waals surface area contributed by atoms with E-state index in [1.807, 2.05) is 0 Å². The van der Waals surface area contributed by atoms with Crippen LogP contribution in [-0.2, 0) is 4.74 Å². The molecule has 1 aromatic heterocycles. The highest BCUT2D eigenvalue weighted by atomic mass is 35.5. The Kier molecular flexibility index (Phi) is 3.58. The van der Waals surface area contributed by atoms with E-state index in [1.54, 1.807) is 18.2 Å². The highest BCUT2D eigenvalue weighted by Crippen LogP contribution is 2.23. The minimum Gasteiger partial charge on any atom is -0.465 e. The average molecular weight is 266 g/mol. The van der Waals surface area contributed by atoms with Gasteiger partial charge >= 0.3 is 5.97 Å². The van der Waals surface area contributed by atoms with Crippen molar-refractivity contribution in [2.45, 2.75) is 0 Å². The number of benzene rings is 1. The molecule has 5 heteroatoms. The summed E-state index contributed by atoms with van der Waals surface area (Å²) in [5.74, 6) is -0.884. The van der Waals surface area contributed by atoms with Crippen molar-refractivity contribution >= 4 is 17.6 Å². The molecule has 0 saturated carbocycles. The molecule has 2 aromatic rings. The molecule has 92 valence electrons. The Labute approximate surface area is 108 Å². The number of ether oxygens (including phenoxy) is 1. The van der Waals surface area contributed by atoms with E-state index < -0.39 is 5.97 Å². The van der Waals surface area contributed by atoms with E-state index in [-0.39, 0.29) is 16.5 Å². The van der Waals surface area contributed by atoms with Gasteiger partial charge in [-0.1, -0.05) is 23.7 Å². The molecule has 0 saturated heterocycles. The second-order valence-corrected chi connectivity index (χ2v) is 3.92. The molecule has 0 spiro atoms. The van der Waals surface area contributed by atoms with Gasteiger partial charge in [-0.15, -0.1) is 0 Å². The minimum absolute atomic E-state index is 0.0766. The maximum atomic E-state index is 12.8. The molecule has 0 radical (unpaired) electrons. The number of halogens is 2. The Morgan fingerprint density at radius 3 is 2.56 bits per heavy atom. The van der Waals surface area contributed by atoms with Crippen LogP contribution in [0.4, 0.5) is 4.39 Å². The van der Waals surface area contributed by atoms with Gasteiger partial charge in [-0.3, -0.25) is 0 Å². The van der Waals surface area contributed by atoms with Crippen molar-refractivity contribution in [3.05, 3.63) is 53.1 Å². The van der Waals surface area contributed by atoms with Gasteiger partial charge in [0.1, 0.15) is 11.0 Å². The summed E-state index contributed by atoms with van der Waals surface area (Å²) >= 11 is 5.81. The first-order valence-electron chi connectivity index (χ1n) is 5.11. The molecule has 0 atom stereocenters. The van der Waals surface area contributed by atoms with Crippen LogP contribution in [-0.4, -0.2) is 18.1 Å². The number of rotatable bonds is 2. The molecule has 0 N–H and O–H groups in total. The highest BCUT2D eigenvalue weighted by Gasteiger charge is 2.13. The Morgan fingerprint density at radius 1 is 1.28 bits per heavy atom. The molecule has 0 fully saturated rings. The summed E-state index contributed by atoms with van der Waals surface area (Å²) in [5.41, 5.74) is 1.59. The minimum atomic E-state index is -0.559. The summed E-state index contributed by atoms with van der Waals surface area (Å²) in [4.78, 5) is 15.4. The van der Waals surface area contributed by atoms with Gasteiger partial charge in [0.15, 0.2) is 0 Å². The Morgan fingerprint density at radius 2 is 1.94 bits per heavy atom. The van der Waals surface area contributed by atoms with Crippen molar-refractivity contribution in [1.29, 1.82) is 0 Å². The topological polar surface area (TPSA) is 39.2 Å². The summed E-state index contributed by atoms with van der Waals surface area (Å²) in [6, 6.07) is 7.43. The Bertz CT molecular complexity index is 584. The third kappa shape index (κ3) is 2.49. The maximum absolute atomic E-state index is 12.8. The van der Waals surface area contributed by atoms with Gasteiger partial charge in [0.2, 0.25) is 0 Å². The zero-order chi connectivity index (χ0) is 13.1. The fourth-order valence-corrected chi connectivity index (χ4v) is 1.68. The van der Waals surface area contributed by atoms with Crippen molar-refractivity contribution in [3.8, 4) is 11.1 Å². The molecular weight excluding hydrogens is 257 g/mol. The number of hydrogen-bond acceptors (Lipinski definition) is 3. The van der Waals surface area contributed by atoms with E-state index in [1.165, 1.54) is 25.4 Å². The molecule has 18 heavy (non-hydrogen) atoms. The Hall–Kier alpha value is -1.94. The number of pyridine rings is 1. The third-order valence-corrected chi connectivity index (χ3v) is 2.72. The number of carbonyl (C=O) groups is 1. The van der Waals surface area contributed by atoms with Crippen LogP contribution in [0.5, 0.6) is 0 Å². The van der Waals surface area contributed by atoms with Gasteiger partial charge < -0.3 is 4.74 Å². The summed E-state index contributed by atoms with van der Waals surface area (Å²) in [6.07, 6.45) is 1.52. The molecule has 2 rings (SSSR count). The van der Waals surface area contributed by atoms with Crippen LogP contribution in [0.2, 0.25) is 5.15 Å². The van der Waals surface area contributed by atoms with Gasteiger partial charge in [0.05, 0.1) is 12.7 Å². The summed E-state index contributed by atoms with van der Waals surface area (Å²) in [6.45, 7) is 0. The lowest BCUT2D eigenvalue weighted by Gasteiger charge is -2.05. The SMILES string of the molecule is COC(=O)c1cc(-c2ccc(F)cc2)cnc1Cl. The smallest absolute Gasteiger partial charge is 0.341 e. The summed E-state index contributed by atoms with van der Waals surface area (Å²) in [5, 5.41) is 0.0766. The van der Waals surface area contributed by atoms with E-state index in [9.17, 15) is 9.18 Å². The summed E-state index contributed by atoms with van der Waals surface area (Å²) in [7, 11) is 1.27. The van der Waals surface area contributed by atoms with E-state index in [0.717, 1.165) is 5.56 Å². The lowest BCUT2D eigenvalue weighted by atomic mass is 10.1. The fraction of sp³-hybridized carbons (Fsp3) is 0.0769. The van der Waals surface area contributed by atoms with Gasteiger partial charge in [-0.05, 0) is 23.8 Å². The van der Waals surface area contributed by atoms with Crippen molar-refractivity contribution < 1.29 is 13.9 Å². The average Bonchev–Trinajstić information content (AvgIpc) is 2.39. The van der Waals surface area contributed by atoms with Gasteiger partial charge in [0.25, 0.3) is 0 Å². The van der Waals surface area contributed by atoms with E-state index >= 15 is 0 Å². The highest BCUT2D eigenvalue weighted by molar-refractivity contribution is 6.32. The van der Waals surface area contributed by atoms with Crippen LogP contribution < -0.4 is 0 Å². The predicted octanol–water partition coefficient (Wildman–Crippen LogP) is 3.33. The van der Waals surface area contributed by atoms with E-state index in [2.05, 4.69) is 9.72 Å². The van der Waals surface area contributed by atoms with Crippen LogP contribution in [0.3, 0.4) is 0 Å². The van der Waals surface area contributed by atoms with Crippen molar-refractivity contribution in [2.75, 3.05) is 7.11 Å². The first kappa shape index (κ1) is 12.5. The molecular formula is C13H9ClFNO2. The van der Waals surface area contributed by atoms with Crippen molar-refractivity contribution in [1.82, 2.24) is 4.98 Å². The first-order valence-corrected chi connectivity index (χ1v) is 5.49. The van der Waals surface area contributed by atoms with Crippen LogP contribution in [0.1, 0.15) is 10.4 Å². The number of aromatic nitrogens is 1. The quantitative estimate of drug-likeness (QED) is 0.618. The first-order chi connectivity index (χ1) is 8.61. The number of methoxy groups -OCH3 is 1. The van der Waals surface area contributed by atoms with Gasteiger partial charge in [0, 0.05) is 11.8 Å². The van der Waals surface area contributed by atoms with Crippen LogP contribution in [0.15, 0.2) is 36.5 Å². The van der Waals surface area contributed by atoms with Gasteiger partial charge in [-0.2, -0.15) is 0 Å². The molecule has 3 nitrogen and oxygen atoms in total. The molecule has 0 amide bonds. The van der Waals surface area contributed by atoms with Gasteiger partial charge in [-0.25, -0.2) is 14.2 Å². The second-order valence-electron chi connectivity index (χ2n) is 3.56. The molecule has 0 bridgehead atoms. The van der Waals surface area contributed by atoms with E-state index in [4.69, 9.17) is 11.6 Å². The number of hydrogen-bond donors (Lipinski definition) is 0. The molecule has 0 aliphatic rings. The standard InChI is InChI=1S/C13H9ClFNO2/c1-18-13(17)11-6-9(7-16-12(11)14)8-2-4-10(15)5-3-8/h2-7H,1H3. The molecule has 0 aliphatic heterocycles. The van der Waals surface area contributed by atoms with Crippen LogP contribution in [0, 0.1) is 5.82 Å². The zero-order valence-corrected chi connectivity index (χ0v) is 10.2. The zero-order valence-electron chi connectivity index (χ0n) is 9.48. The monoisotopic (exact) mass is 265 g/mol. The lowest BCUT2D eigenvalue weighted by molar-refractivity contribution is 0.0600. The molecule has 0 aliphatic carbocycles.